The molecule has 1 fully saturated rings. The molecule has 1 saturated carbocycles. The van der Waals surface area contributed by atoms with Gasteiger partial charge in [-0.3, -0.25) is 0 Å². The van der Waals surface area contributed by atoms with E-state index in [0.29, 0.717) is 0 Å². The van der Waals surface area contributed by atoms with Gasteiger partial charge in [0.1, 0.15) is 5.54 Å². The first kappa shape index (κ1) is 10.5. The molecule has 0 radical (unpaired) electrons. The Morgan fingerprint density at radius 1 is 1.46 bits per heavy atom. The molecule has 0 saturated heterocycles. The van der Waals surface area contributed by atoms with Gasteiger partial charge in [-0.15, -0.1) is 0 Å². The van der Waals surface area contributed by atoms with Crippen LogP contribution in [0.2, 0.25) is 0 Å². The van der Waals surface area contributed by atoms with Crippen molar-refractivity contribution >= 4 is 0 Å². The van der Waals surface area contributed by atoms with Crippen molar-refractivity contribution < 1.29 is 0 Å². The number of nitriles is 1. The van der Waals surface area contributed by atoms with Crippen LogP contribution in [-0.4, -0.2) is 5.54 Å². The first-order chi connectivity index (χ1) is 6.20. The van der Waals surface area contributed by atoms with Crippen LogP contribution in [0, 0.1) is 17.2 Å². The summed E-state index contributed by atoms with van der Waals surface area (Å²) >= 11 is 0. The maximum atomic E-state index is 8.92. The van der Waals surface area contributed by atoms with Gasteiger partial charge >= 0.3 is 0 Å². The Kier molecular flexibility index (Phi) is 3.74. The van der Waals surface area contributed by atoms with Crippen molar-refractivity contribution in [1.29, 1.82) is 5.26 Å². The second-order valence-electron chi connectivity index (χ2n) is 4.35. The van der Waals surface area contributed by atoms with Gasteiger partial charge in [0.15, 0.2) is 0 Å². The van der Waals surface area contributed by atoms with Gasteiger partial charge in [0, 0.05) is 0 Å². The molecule has 0 bridgehead atoms. The van der Waals surface area contributed by atoms with Gasteiger partial charge in [-0.05, 0) is 25.2 Å². The summed E-state index contributed by atoms with van der Waals surface area (Å²) in [5, 5.41) is 8.92. The van der Waals surface area contributed by atoms with Crippen molar-refractivity contribution in [2.75, 3.05) is 0 Å². The van der Waals surface area contributed by atoms with E-state index < -0.39 is 5.54 Å². The summed E-state index contributed by atoms with van der Waals surface area (Å²) in [6.45, 7) is 2.23. The highest BCUT2D eigenvalue weighted by atomic mass is 14.7. The van der Waals surface area contributed by atoms with E-state index in [2.05, 4.69) is 13.0 Å². The Morgan fingerprint density at radius 2 is 2.23 bits per heavy atom. The molecule has 0 aromatic carbocycles. The lowest BCUT2D eigenvalue weighted by Crippen LogP contribution is -2.37. The van der Waals surface area contributed by atoms with Gasteiger partial charge in [-0.2, -0.15) is 5.26 Å². The minimum atomic E-state index is -0.511. The fourth-order valence-electron chi connectivity index (χ4n) is 2.25. The van der Waals surface area contributed by atoms with Crippen LogP contribution >= 0.6 is 0 Å². The molecule has 1 aliphatic carbocycles. The van der Waals surface area contributed by atoms with Crippen molar-refractivity contribution in [1.82, 2.24) is 0 Å². The van der Waals surface area contributed by atoms with Gasteiger partial charge in [-0.1, -0.05) is 32.6 Å². The number of nitrogens with zero attached hydrogens (tertiary/aromatic N) is 1. The minimum Gasteiger partial charge on any atom is -0.313 e. The van der Waals surface area contributed by atoms with Crippen molar-refractivity contribution in [3.8, 4) is 6.07 Å². The molecule has 0 spiro atoms. The van der Waals surface area contributed by atoms with E-state index in [1.54, 1.807) is 0 Å². The molecule has 2 nitrogen and oxygen atoms in total. The van der Waals surface area contributed by atoms with Gasteiger partial charge in [0.05, 0.1) is 6.07 Å². The predicted octanol–water partition coefficient (Wildman–Crippen LogP) is 2.59. The fraction of sp³-hybridized carbons (Fsp3) is 0.909. The summed E-state index contributed by atoms with van der Waals surface area (Å²) in [5.74, 6) is 0.823. The van der Waals surface area contributed by atoms with Gasteiger partial charge < -0.3 is 5.73 Å². The lowest BCUT2D eigenvalue weighted by Gasteiger charge is -2.18. The molecule has 2 heteroatoms. The summed E-state index contributed by atoms with van der Waals surface area (Å²) < 4.78 is 0. The van der Waals surface area contributed by atoms with Crippen LogP contribution < -0.4 is 5.73 Å². The molecule has 1 aliphatic rings. The van der Waals surface area contributed by atoms with Crippen molar-refractivity contribution in [3.63, 3.8) is 0 Å². The van der Waals surface area contributed by atoms with Crippen LogP contribution in [0.5, 0.6) is 0 Å². The Bertz CT molecular complexity index is 195. The molecule has 13 heavy (non-hydrogen) atoms. The molecular formula is C11H20N2. The molecular weight excluding hydrogens is 160 g/mol. The Balaban J connectivity index is 2.45. The van der Waals surface area contributed by atoms with E-state index in [-0.39, 0.29) is 0 Å². The zero-order chi connectivity index (χ0) is 9.73. The topological polar surface area (TPSA) is 49.8 Å². The van der Waals surface area contributed by atoms with Crippen LogP contribution in [0.15, 0.2) is 0 Å². The molecule has 2 unspecified atom stereocenters. The zero-order valence-corrected chi connectivity index (χ0v) is 8.55. The third-order valence-electron chi connectivity index (χ3n) is 3.15. The third-order valence-corrected chi connectivity index (χ3v) is 3.15. The van der Waals surface area contributed by atoms with Crippen LogP contribution in [0.25, 0.3) is 0 Å². The van der Waals surface area contributed by atoms with Crippen molar-refractivity contribution in [2.24, 2.45) is 11.7 Å². The van der Waals surface area contributed by atoms with Gasteiger partial charge in [0.2, 0.25) is 0 Å². The SMILES string of the molecule is CCCC1CCCC(N)(C#N)CC1. The maximum Gasteiger partial charge on any atom is 0.104 e. The number of nitrogens with two attached hydrogens (primary N) is 1. The average molecular weight is 180 g/mol. The number of rotatable bonds is 2. The standard InChI is InChI=1S/C11H20N2/c1-2-4-10-5-3-7-11(13,9-12)8-6-10/h10H,2-8,13H2,1H3. The van der Waals surface area contributed by atoms with Crippen LogP contribution in [0.4, 0.5) is 0 Å². The predicted molar refractivity (Wildman–Crippen MR) is 54.0 cm³/mol. The molecule has 0 heterocycles. The lowest BCUT2D eigenvalue weighted by atomic mass is 9.91. The van der Waals surface area contributed by atoms with E-state index in [9.17, 15) is 0 Å². The molecule has 1 rings (SSSR count). The highest BCUT2D eigenvalue weighted by Gasteiger charge is 2.28. The van der Waals surface area contributed by atoms with Crippen molar-refractivity contribution in [2.45, 2.75) is 57.4 Å². The van der Waals surface area contributed by atoms with Gasteiger partial charge in [0.25, 0.3) is 0 Å². The normalized spacial score (nSPS) is 35.0. The summed E-state index contributed by atoms with van der Waals surface area (Å²) in [4.78, 5) is 0. The quantitative estimate of drug-likeness (QED) is 0.664. The molecule has 0 aromatic rings. The molecule has 2 N–H and O–H groups in total. The molecule has 74 valence electrons. The lowest BCUT2D eigenvalue weighted by molar-refractivity contribution is 0.410. The summed E-state index contributed by atoms with van der Waals surface area (Å²) in [5.41, 5.74) is 5.44. The maximum absolute atomic E-state index is 8.92. The smallest absolute Gasteiger partial charge is 0.104 e. The largest absolute Gasteiger partial charge is 0.313 e. The zero-order valence-electron chi connectivity index (χ0n) is 8.55. The average Bonchev–Trinajstić information content (AvgIpc) is 2.31. The molecule has 0 aliphatic heterocycles. The van der Waals surface area contributed by atoms with E-state index in [4.69, 9.17) is 11.0 Å². The fourth-order valence-corrected chi connectivity index (χ4v) is 2.25. The second-order valence-corrected chi connectivity index (χ2v) is 4.35. The second kappa shape index (κ2) is 4.62. The van der Waals surface area contributed by atoms with E-state index in [0.717, 1.165) is 31.6 Å². The van der Waals surface area contributed by atoms with Crippen LogP contribution in [-0.2, 0) is 0 Å². The Labute approximate surface area is 81.1 Å². The summed E-state index contributed by atoms with van der Waals surface area (Å²) in [6, 6.07) is 2.26. The van der Waals surface area contributed by atoms with E-state index in [1.165, 1.54) is 19.3 Å². The monoisotopic (exact) mass is 180 g/mol. The first-order valence-electron chi connectivity index (χ1n) is 5.40. The Hall–Kier alpha value is -0.550. The minimum absolute atomic E-state index is 0.511. The Morgan fingerprint density at radius 3 is 2.85 bits per heavy atom. The van der Waals surface area contributed by atoms with E-state index in [1.807, 2.05) is 0 Å². The highest BCUT2D eigenvalue weighted by Crippen LogP contribution is 2.30. The van der Waals surface area contributed by atoms with Crippen LogP contribution in [0.3, 0.4) is 0 Å². The highest BCUT2D eigenvalue weighted by molar-refractivity contribution is 5.05. The summed E-state index contributed by atoms with van der Waals surface area (Å²) in [7, 11) is 0. The van der Waals surface area contributed by atoms with Gasteiger partial charge in [-0.25, -0.2) is 0 Å². The molecule has 0 amide bonds. The number of hydrogen-bond acceptors (Lipinski definition) is 2. The summed E-state index contributed by atoms with van der Waals surface area (Å²) in [6.07, 6.45) is 7.91. The van der Waals surface area contributed by atoms with Crippen LogP contribution in [0.1, 0.15) is 51.9 Å². The number of hydrogen-bond donors (Lipinski definition) is 1. The first-order valence-corrected chi connectivity index (χ1v) is 5.40. The van der Waals surface area contributed by atoms with Crippen molar-refractivity contribution in [3.05, 3.63) is 0 Å². The molecule has 0 aromatic heterocycles. The third kappa shape index (κ3) is 3.00. The molecule has 2 atom stereocenters. The van der Waals surface area contributed by atoms with E-state index >= 15 is 0 Å².